The van der Waals surface area contributed by atoms with Crippen LogP contribution in [0.15, 0.2) is 30.3 Å². The van der Waals surface area contributed by atoms with Gasteiger partial charge >= 0.3 is 0 Å². The fourth-order valence-electron chi connectivity index (χ4n) is 2.91. The highest BCUT2D eigenvalue weighted by molar-refractivity contribution is 6.00. The van der Waals surface area contributed by atoms with E-state index in [2.05, 4.69) is 0 Å². The molecular formula is C18H19NO4. The SMILES string of the molecule is COc1ccc2c(c1)-c1cc(OC)c(OC)cc1N(C(C)=O)C2. The molecule has 2 aromatic rings. The number of fused-ring (bicyclic) bond motifs is 3. The van der Waals surface area contributed by atoms with Gasteiger partial charge in [0, 0.05) is 18.6 Å². The lowest BCUT2D eigenvalue weighted by molar-refractivity contribution is -0.116. The van der Waals surface area contributed by atoms with Crippen molar-refractivity contribution in [2.45, 2.75) is 13.5 Å². The Morgan fingerprint density at radius 3 is 2.26 bits per heavy atom. The van der Waals surface area contributed by atoms with E-state index in [-0.39, 0.29) is 5.91 Å². The van der Waals surface area contributed by atoms with E-state index < -0.39 is 0 Å². The number of ether oxygens (including phenoxy) is 3. The van der Waals surface area contributed by atoms with Crippen LogP contribution in [0.2, 0.25) is 0 Å². The monoisotopic (exact) mass is 313 g/mol. The van der Waals surface area contributed by atoms with Gasteiger partial charge < -0.3 is 19.1 Å². The molecule has 0 saturated carbocycles. The summed E-state index contributed by atoms with van der Waals surface area (Å²) in [4.78, 5) is 13.8. The molecule has 0 saturated heterocycles. The number of methoxy groups -OCH3 is 3. The van der Waals surface area contributed by atoms with E-state index >= 15 is 0 Å². The molecule has 0 atom stereocenters. The minimum absolute atomic E-state index is 0.0139. The van der Waals surface area contributed by atoms with Crippen molar-refractivity contribution in [2.75, 3.05) is 26.2 Å². The lowest BCUT2D eigenvalue weighted by Crippen LogP contribution is -2.31. The van der Waals surface area contributed by atoms with Crippen LogP contribution in [0.1, 0.15) is 12.5 Å². The van der Waals surface area contributed by atoms with Crippen molar-refractivity contribution in [3.05, 3.63) is 35.9 Å². The summed E-state index contributed by atoms with van der Waals surface area (Å²) < 4.78 is 16.1. The topological polar surface area (TPSA) is 48.0 Å². The molecule has 0 aliphatic carbocycles. The summed E-state index contributed by atoms with van der Waals surface area (Å²) in [6, 6.07) is 9.63. The maximum atomic E-state index is 12.1. The van der Waals surface area contributed by atoms with Crippen LogP contribution in [0.4, 0.5) is 5.69 Å². The Balaban J connectivity index is 2.27. The minimum Gasteiger partial charge on any atom is -0.497 e. The van der Waals surface area contributed by atoms with Crippen molar-refractivity contribution in [1.29, 1.82) is 0 Å². The Kier molecular flexibility index (Phi) is 3.86. The zero-order valence-electron chi connectivity index (χ0n) is 13.7. The van der Waals surface area contributed by atoms with Crippen LogP contribution < -0.4 is 19.1 Å². The number of carbonyl (C=O) groups excluding carboxylic acids is 1. The van der Waals surface area contributed by atoms with Crippen LogP contribution in [-0.4, -0.2) is 27.2 Å². The van der Waals surface area contributed by atoms with Gasteiger partial charge in [0.15, 0.2) is 11.5 Å². The molecule has 0 aromatic heterocycles. The van der Waals surface area contributed by atoms with Gasteiger partial charge in [-0.15, -0.1) is 0 Å². The average Bonchev–Trinajstić information content (AvgIpc) is 2.58. The molecule has 5 nitrogen and oxygen atoms in total. The normalized spacial score (nSPS) is 12.3. The fourth-order valence-corrected chi connectivity index (χ4v) is 2.91. The first-order valence-electron chi connectivity index (χ1n) is 7.30. The third-order valence-corrected chi connectivity index (χ3v) is 4.11. The van der Waals surface area contributed by atoms with Crippen molar-refractivity contribution in [2.24, 2.45) is 0 Å². The number of anilines is 1. The Bertz CT molecular complexity index is 770. The first-order chi connectivity index (χ1) is 11.1. The molecule has 0 N–H and O–H groups in total. The van der Waals surface area contributed by atoms with E-state index in [1.165, 1.54) is 0 Å². The summed E-state index contributed by atoms with van der Waals surface area (Å²) >= 11 is 0. The van der Waals surface area contributed by atoms with E-state index in [9.17, 15) is 4.79 Å². The van der Waals surface area contributed by atoms with Gasteiger partial charge in [-0.1, -0.05) is 6.07 Å². The number of rotatable bonds is 3. The molecule has 0 spiro atoms. The lowest BCUT2D eigenvalue weighted by atomic mass is 9.92. The maximum Gasteiger partial charge on any atom is 0.224 e. The molecule has 5 heteroatoms. The predicted octanol–water partition coefficient (Wildman–Crippen LogP) is 3.25. The smallest absolute Gasteiger partial charge is 0.224 e. The van der Waals surface area contributed by atoms with Crippen LogP contribution in [-0.2, 0) is 11.3 Å². The molecule has 1 heterocycles. The van der Waals surface area contributed by atoms with Crippen LogP contribution in [0.25, 0.3) is 11.1 Å². The highest BCUT2D eigenvalue weighted by Crippen LogP contribution is 2.46. The molecule has 1 amide bonds. The number of amides is 1. The van der Waals surface area contributed by atoms with Crippen molar-refractivity contribution in [3.63, 3.8) is 0 Å². The van der Waals surface area contributed by atoms with Gasteiger partial charge in [0.25, 0.3) is 0 Å². The quantitative estimate of drug-likeness (QED) is 0.873. The molecule has 0 unspecified atom stereocenters. The summed E-state index contributed by atoms with van der Waals surface area (Å²) in [5, 5.41) is 0. The first-order valence-corrected chi connectivity index (χ1v) is 7.30. The average molecular weight is 313 g/mol. The van der Waals surface area contributed by atoms with Crippen LogP contribution in [0, 0.1) is 0 Å². The molecule has 1 aliphatic heterocycles. The second kappa shape index (κ2) is 5.83. The van der Waals surface area contributed by atoms with Gasteiger partial charge in [0.1, 0.15) is 5.75 Å². The predicted molar refractivity (Wildman–Crippen MR) is 88.4 cm³/mol. The molecule has 0 radical (unpaired) electrons. The Hall–Kier alpha value is -2.69. The lowest BCUT2D eigenvalue weighted by Gasteiger charge is -2.31. The second-order valence-electron chi connectivity index (χ2n) is 5.35. The number of carbonyl (C=O) groups is 1. The van der Waals surface area contributed by atoms with Crippen molar-refractivity contribution >= 4 is 11.6 Å². The Morgan fingerprint density at radius 2 is 1.65 bits per heavy atom. The summed E-state index contributed by atoms with van der Waals surface area (Å²) in [5.74, 6) is 2.00. The zero-order valence-corrected chi connectivity index (χ0v) is 13.7. The summed E-state index contributed by atoms with van der Waals surface area (Å²) in [5.41, 5.74) is 3.85. The molecule has 0 bridgehead atoms. The van der Waals surface area contributed by atoms with E-state index in [0.717, 1.165) is 28.1 Å². The summed E-state index contributed by atoms with van der Waals surface area (Å²) in [7, 11) is 4.83. The number of hydrogen-bond acceptors (Lipinski definition) is 4. The highest BCUT2D eigenvalue weighted by Gasteiger charge is 2.27. The molecule has 0 fully saturated rings. The van der Waals surface area contributed by atoms with E-state index in [4.69, 9.17) is 14.2 Å². The molecule has 1 aliphatic rings. The molecule has 23 heavy (non-hydrogen) atoms. The second-order valence-corrected chi connectivity index (χ2v) is 5.35. The van der Waals surface area contributed by atoms with Crippen molar-refractivity contribution in [1.82, 2.24) is 0 Å². The van der Waals surface area contributed by atoms with E-state index in [1.807, 2.05) is 30.3 Å². The Labute approximate surface area is 135 Å². The first kappa shape index (κ1) is 15.2. The third kappa shape index (κ3) is 2.48. The van der Waals surface area contributed by atoms with Gasteiger partial charge in [-0.25, -0.2) is 0 Å². The van der Waals surface area contributed by atoms with Gasteiger partial charge in [0.05, 0.1) is 33.6 Å². The number of nitrogens with zero attached hydrogens (tertiary/aromatic N) is 1. The largest absolute Gasteiger partial charge is 0.497 e. The van der Waals surface area contributed by atoms with Crippen molar-refractivity contribution in [3.8, 4) is 28.4 Å². The van der Waals surface area contributed by atoms with Gasteiger partial charge in [-0.05, 0) is 29.3 Å². The minimum atomic E-state index is -0.0139. The maximum absolute atomic E-state index is 12.1. The molecule has 120 valence electrons. The summed E-state index contributed by atoms with van der Waals surface area (Å²) in [6.45, 7) is 2.09. The summed E-state index contributed by atoms with van der Waals surface area (Å²) in [6.07, 6.45) is 0. The standard InChI is InChI=1S/C18H19NO4/c1-11(20)19-10-12-5-6-13(21-2)7-14(12)15-8-17(22-3)18(23-4)9-16(15)19/h5-9H,10H2,1-4H3. The molecular weight excluding hydrogens is 294 g/mol. The van der Waals surface area contributed by atoms with Gasteiger partial charge in [-0.3, -0.25) is 4.79 Å². The van der Waals surface area contributed by atoms with Gasteiger partial charge in [-0.2, -0.15) is 0 Å². The van der Waals surface area contributed by atoms with Crippen LogP contribution >= 0.6 is 0 Å². The zero-order chi connectivity index (χ0) is 16.6. The van der Waals surface area contributed by atoms with Crippen LogP contribution in [0.5, 0.6) is 17.2 Å². The van der Waals surface area contributed by atoms with Crippen LogP contribution in [0.3, 0.4) is 0 Å². The highest BCUT2D eigenvalue weighted by atomic mass is 16.5. The van der Waals surface area contributed by atoms with E-state index in [0.29, 0.717) is 18.0 Å². The molecule has 2 aromatic carbocycles. The van der Waals surface area contributed by atoms with Crippen molar-refractivity contribution < 1.29 is 19.0 Å². The fraction of sp³-hybridized carbons (Fsp3) is 0.278. The number of benzene rings is 2. The van der Waals surface area contributed by atoms with E-state index in [1.54, 1.807) is 33.2 Å². The number of hydrogen-bond donors (Lipinski definition) is 0. The molecule has 3 rings (SSSR count). The third-order valence-electron chi connectivity index (χ3n) is 4.11. The van der Waals surface area contributed by atoms with Gasteiger partial charge in [0.2, 0.25) is 5.91 Å². The Morgan fingerprint density at radius 1 is 0.957 bits per heavy atom.